The van der Waals surface area contributed by atoms with Crippen molar-refractivity contribution in [2.24, 2.45) is 23.2 Å². The summed E-state index contributed by atoms with van der Waals surface area (Å²) in [5.41, 5.74) is 0.871. The van der Waals surface area contributed by atoms with Crippen LogP contribution in [0.1, 0.15) is 44.9 Å². The highest BCUT2D eigenvalue weighted by molar-refractivity contribution is 5.03. The first kappa shape index (κ1) is 7.41. The number of hydrogen-bond acceptors (Lipinski definition) is 0. The maximum absolute atomic E-state index is 4.35. The van der Waals surface area contributed by atoms with Crippen LogP contribution in [0.2, 0.25) is 0 Å². The van der Waals surface area contributed by atoms with Crippen molar-refractivity contribution in [3.8, 4) is 0 Å². The van der Waals surface area contributed by atoms with Crippen LogP contribution in [-0.4, -0.2) is 0 Å². The molecule has 0 saturated heterocycles. The fourth-order valence-corrected chi connectivity index (χ4v) is 3.35. The van der Waals surface area contributed by atoms with Crippen LogP contribution in [0.5, 0.6) is 0 Å². The molecule has 0 nitrogen and oxygen atoms in total. The first-order chi connectivity index (χ1) is 5.79. The molecular formula is C12H19. The fourth-order valence-electron chi connectivity index (χ4n) is 3.35. The molecule has 12 heavy (non-hydrogen) atoms. The van der Waals surface area contributed by atoms with Gasteiger partial charge in [-0.25, -0.2) is 0 Å². The van der Waals surface area contributed by atoms with E-state index >= 15 is 0 Å². The van der Waals surface area contributed by atoms with Crippen molar-refractivity contribution < 1.29 is 0 Å². The molecule has 0 heterocycles. The molecule has 0 amide bonds. The molecule has 1 spiro atoms. The molecule has 0 aromatic carbocycles. The normalized spacial score (nSPS) is 35.8. The lowest BCUT2D eigenvalue weighted by molar-refractivity contribution is -0.0456. The van der Waals surface area contributed by atoms with Gasteiger partial charge in [-0.15, -0.1) is 0 Å². The van der Waals surface area contributed by atoms with E-state index in [4.69, 9.17) is 0 Å². The van der Waals surface area contributed by atoms with Gasteiger partial charge in [0.2, 0.25) is 0 Å². The van der Waals surface area contributed by atoms with Crippen molar-refractivity contribution in [2.75, 3.05) is 0 Å². The van der Waals surface area contributed by atoms with Crippen LogP contribution in [-0.2, 0) is 0 Å². The van der Waals surface area contributed by atoms with E-state index in [9.17, 15) is 0 Å². The zero-order valence-electron chi connectivity index (χ0n) is 7.89. The Labute approximate surface area is 75.7 Å². The topological polar surface area (TPSA) is 0 Å². The third-order valence-corrected chi connectivity index (χ3v) is 4.64. The second-order valence-corrected chi connectivity index (χ2v) is 5.52. The van der Waals surface area contributed by atoms with Crippen molar-refractivity contribution in [3.63, 3.8) is 0 Å². The molecule has 0 N–H and O–H groups in total. The molecule has 0 aliphatic heterocycles. The second kappa shape index (κ2) is 2.27. The van der Waals surface area contributed by atoms with Gasteiger partial charge >= 0.3 is 0 Å². The quantitative estimate of drug-likeness (QED) is 0.585. The van der Waals surface area contributed by atoms with Gasteiger partial charge in [0, 0.05) is 0 Å². The summed E-state index contributed by atoms with van der Waals surface area (Å²) in [4.78, 5) is 0. The summed E-state index contributed by atoms with van der Waals surface area (Å²) in [7, 11) is 0. The highest BCUT2D eigenvalue weighted by atomic mass is 14.6. The zero-order valence-corrected chi connectivity index (χ0v) is 7.89. The third kappa shape index (κ3) is 0.963. The Kier molecular flexibility index (Phi) is 1.40. The average Bonchev–Trinajstić information content (AvgIpc) is 2.59. The van der Waals surface area contributed by atoms with Crippen molar-refractivity contribution in [3.05, 3.63) is 6.92 Å². The summed E-state index contributed by atoms with van der Waals surface area (Å²) in [6.07, 6.45) is 10.6. The van der Waals surface area contributed by atoms with Gasteiger partial charge < -0.3 is 0 Å². The lowest BCUT2D eigenvalue weighted by Crippen LogP contribution is -2.45. The van der Waals surface area contributed by atoms with E-state index in [0.717, 1.165) is 23.2 Å². The standard InChI is InChI=1S/C12H19/c1-9(10-3-4-10)11-7-12(8-11)5-2-6-12/h9-11H,1-8H2/t9-/m0/s1. The molecule has 1 atom stereocenters. The smallest absolute Gasteiger partial charge is 0.0292 e. The van der Waals surface area contributed by atoms with Crippen molar-refractivity contribution in [1.29, 1.82) is 0 Å². The summed E-state index contributed by atoms with van der Waals surface area (Å²) < 4.78 is 0. The monoisotopic (exact) mass is 163 g/mol. The molecule has 0 unspecified atom stereocenters. The molecule has 0 aromatic heterocycles. The van der Waals surface area contributed by atoms with E-state index < -0.39 is 0 Å². The van der Waals surface area contributed by atoms with Crippen LogP contribution in [0, 0.1) is 30.1 Å². The summed E-state index contributed by atoms with van der Waals surface area (Å²) in [6.45, 7) is 4.35. The molecule has 0 aromatic rings. The minimum atomic E-state index is 0.830. The van der Waals surface area contributed by atoms with Crippen LogP contribution in [0.4, 0.5) is 0 Å². The Morgan fingerprint density at radius 3 is 2.17 bits per heavy atom. The molecule has 3 saturated carbocycles. The molecule has 3 fully saturated rings. The van der Waals surface area contributed by atoms with E-state index in [1.54, 1.807) is 12.8 Å². The molecule has 0 bridgehead atoms. The van der Waals surface area contributed by atoms with Gasteiger partial charge in [0.15, 0.2) is 0 Å². The molecule has 0 heteroatoms. The maximum Gasteiger partial charge on any atom is -0.0292 e. The van der Waals surface area contributed by atoms with Crippen LogP contribution in [0.3, 0.4) is 0 Å². The average molecular weight is 163 g/mol. The Bertz CT molecular complexity index is 178. The lowest BCUT2D eigenvalue weighted by atomic mass is 9.49. The predicted octanol–water partition coefficient (Wildman–Crippen LogP) is 3.43. The van der Waals surface area contributed by atoms with E-state index in [1.165, 1.54) is 32.1 Å². The largest absolute Gasteiger partial charge is 0.0522 e. The summed E-state index contributed by atoms with van der Waals surface area (Å²) in [5, 5.41) is 0. The molecule has 3 aliphatic rings. The first-order valence-electron chi connectivity index (χ1n) is 5.62. The summed E-state index contributed by atoms with van der Waals surface area (Å²) >= 11 is 0. The van der Waals surface area contributed by atoms with Gasteiger partial charge in [-0.1, -0.05) is 6.42 Å². The Balaban J connectivity index is 1.54. The number of hydrogen-bond donors (Lipinski definition) is 0. The van der Waals surface area contributed by atoms with E-state index in [-0.39, 0.29) is 0 Å². The molecular weight excluding hydrogens is 144 g/mol. The van der Waals surface area contributed by atoms with Crippen LogP contribution >= 0.6 is 0 Å². The number of rotatable bonds is 2. The van der Waals surface area contributed by atoms with Crippen LogP contribution in [0.15, 0.2) is 0 Å². The van der Waals surface area contributed by atoms with Gasteiger partial charge in [0.05, 0.1) is 0 Å². The SMILES string of the molecule is [CH2][C@@H](C1CC1)C1CC2(CCC2)C1. The van der Waals surface area contributed by atoms with Crippen LogP contribution in [0.25, 0.3) is 0 Å². The first-order valence-corrected chi connectivity index (χ1v) is 5.62. The molecule has 67 valence electrons. The Morgan fingerprint density at radius 1 is 1.08 bits per heavy atom. The fraction of sp³-hybridized carbons (Fsp3) is 0.917. The maximum atomic E-state index is 4.35. The predicted molar refractivity (Wildman–Crippen MR) is 50.6 cm³/mol. The van der Waals surface area contributed by atoms with E-state index in [2.05, 4.69) is 6.92 Å². The van der Waals surface area contributed by atoms with E-state index in [0.29, 0.717) is 0 Å². The molecule has 1 radical (unpaired) electrons. The van der Waals surface area contributed by atoms with Crippen LogP contribution < -0.4 is 0 Å². The zero-order chi connectivity index (χ0) is 8.18. The van der Waals surface area contributed by atoms with Gasteiger partial charge in [0.1, 0.15) is 0 Å². The van der Waals surface area contributed by atoms with Crippen molar-refractivity contribution in [1.82, 2.24) is 0 Å². The van der Waals surface area contributed by atoms with Gasteiger partial charge in [-0.2, -0.15) is 0 Å². The molecule has 3 rings (SSSR count). The van der Waals surface area contributed by atoms with Gasteiger partial charge in [-0.05, 0) is 68.6 Å². The summed E-state index contributed by atoms with van der Waals surface area (Å²) in [5.74, 6) is 2.89. The Hall–Kier alpha value is 0. The minimum Gasteiger partial charge on any atom is -0.0522 e. The van der Waals surface area contributed by atoms with E-state index in [1.807, 2.05) is 0 Å². The highest BCUT2D eigenvalue weighted by Gasteiger charge is 2.51. The minimum absolute atomic E-state index is 0.830. The van der Waals surface area contributed by atoms with Gasteiger partial charge in [0.25, 0.3) is 0 Å². The second-order valence-electron chi connectivity index (χ2n) is 5.52. The lowest BCUT2D eigenvalue weighted by Gasteiger charge is -2.56. The Morgan fingerprint density at radius 2 is 1.75 bits per heavy atom. The van der Waals surface area contributed by atoms with Crippen molar-refractivity contribution in [2.45, 2.75) is 44.9 Å². The molecule has 3 aliphatic carbocycles. The third-order valence-electron chi connectivity index (χ3n) is 4.64. The van der Waals surface area contributed by atoms with Crippen molar-refractivity contribution >= 4 is 0 Å². The summed E-state index contributed by atoms with van der Waals surface area (Å²) in [6, 6.07) is 0. The highest BCUT2D eigenvalue weighted by Crippen LogP contribution is 2.62. The van der Waals surface area contributed by atoms with Gasteiger partial charge in [-0.3, -0.25) is 0 Å².